The summed E-state index contributed by atoms with van der Waals surface area (Å²) in [6.07, 6.45) is 0. The molecule has 0 saturated carbocycles. The molecule has 0 bridgehead atoms. The van der Waals surface area contributed by atoms with Crippen LogP contribution in [0.25, 0.3) is 0 Å². The van der Waals surface area contributed by atoms with Gasteiger partial charge in [0.25, 0.3) is 0 Å². The molecule has 1 heterocycles. The Hall–Kier alpha value is -3.00. The van der Waals surface area contributed by atoms with E-state index in [1.165, 1.54) is 11.8 Å². The maximum Gasteiger partial charge on any atom is 0.230 e. The third-order valence-corrected chi connectivity index (χ3v) is 5.14. The fourth-order valence-corrected chi connectivity index (χ4v) is 3.44. The number of aromatic nitrogens is 3. The number of benzene rings is 2. The molecule has 0 aliphatic rings. The first-order chi connectivity index (χ1) is 14.2. The van der Waals surface area contributed by atoms with Crippen LogP contribution in [-0.2, 0) is 11.3 Å². The van der Waals surface area contributed by atoms with Gasteiger partial charge in [-0.3, -0.25) is 4.79 Å². The molecule has 2 aromatic carbocycles. The van der Waals surface area contributed by atoms with Crippen LogP contribution in [-0.4, -0.2) is 46.7 Å². The third kappa shape index (κ3) is 6.25. The summed E-state index contributed by atoms with van der Waals surface area (Å²) in [7, 11) is 1.62. The zero-order valence-electron chi connectivity index (χ0n) is 16.5. The van der Waals surface area contributed by atoms with Crippen molar-refractivity contribution in [2.45, 2.75) is 18.6 Å². The molecular formula is C21H24N4O3S. The summed E-state index contributed by atoms with van der Waals surface area (Å²) >= 11 is 1.38. The van der Waals surface area contributed by atoms with Gasteiger partial charge in [0.2, 0.25) is 5.91 Å². The Morgan fingerprint density at radius 1 is 1.07 bits per heavy atom. The number of carbonyl (C=O) groups excluding carboxylic acids is 1. The normalized spacial score (nSPS) is 10.6. The van der Waals surface area contributed by atoms with Crippen LogP contribution in [0.15, 0.2) is 59.8 Å². The number of nitrogens with one attached hydrogen (secondary N) is 1. The number of hydrogen-bond donors (Lipinski definition) is 1. The lowest BCUT2D eigenvalue weighted by molar-refractivity contribution is -0.118. The van der Waals surface area contributed by atoms with Gasteiger partial charge in [0.1, 0.15) is 23.9 Å². The van der Waals surface area contributed by atoms with Crippen molar-refractivity contribution in [1.29, 1.82) is 0 Å². The number of carbonyl (C=O) groups is 1. The summed E-state index contributed by atoms with van der Waals surface area (Å²) in [5, 5.41) is 11.9. The summed E-state index contributed by atoms with van der Waals surface area (Å²) in [5.41, 5.74) is 1.16. The topological polar surface area (TPSA) is 78.3 Å². The van der Waals surface area contributed by atoms with Crippen LogP contribution in [0.3, 0.4) is 0 Å². The van der Waals surface area contributed by atoms with Crippen molar-refractivity contribution in [1.82, 2.24) is 20.1 Å². The average molecular weight is 413 g/mol. The maximum absolute atomic E-state index is 12.1. The SMILES string of the molecule is COc1ccc(OCCNC(=O)CSc2nnc(C)n2Cc2ccccc2)cc1. The van der Waals surface area contributed by atoms with E-state index in [9.17, 15) is 4.79 Å². The third-order valence-electron chi connectivity index (χ3n) is 4.17. The molecular weight excluding hydrogens is 388 g/mol. The predicted molar refractivity (Wildman–Crippen MR) is 113 cm³/mol. The summed E-state index contributed by atoms with van der Waals surface area (Å²) in [5.74, 6) is 2.54. The molecule has 3 rings (SSSR count). The summed E-state index contributed by atoms with van der Waals surface area (Å²) in [6, 6.07) is 17.4. The minimum absolute atomic E-state index is 0.0692. The smallest absolute Gasteiger partial charge is 0.230 e. The van der Waals surface area contributed by atoms with Crippen molar-refractivity contribution < 1.29 is 14.3 Å². The van der Waals surface area contributed by atoms with Gasteiger partial charge in [-0.25, -0.2) is 0 Å². The highest BCUT2D eigenvalue weighted by Crippen LogP contribution is 2.18. The second-order valence-electron chi connectivity index (χ2n) is 6.26. The lowest BCUT2D eigenvalue weighted by Crippen LogP contribution is -2.29. The molecule has 152 valence electrons. The zero-order chi connectivity index (χ0) is 20.5. The highest BCUT2D eigenvalue weighted by molar-refractivity contribution is 7.99. The first-order valence-electron chi connectivity index (χ1n) is 9.26. The molecule has 0 fully saturated rings. The van der Waals surface area contributed by atoms with E-state index in [-0.39, 0.29) is 11.7 Å². The Bertz CT molecular complexity index is 913. The molecule has 0 unspecified atom stereocenters. The van der Waals surface area contributed by atoms with Gasteiger partial charge in [0.15, 0.2) is 5.16 Å². The fraction of sp³-hybridized carbons (Fsp3) is 0.286. The quantitative estimate of drug-likeness (QED) is 0.408. The molecule has 1 aromatic heterocycles. The highest BCUT2D eigenvalue weighted by atomic mass is 32.2. The van der Waals surface area contributed by atoms with E-state index in [0.29, 0.717) is 19.7 Å². The predicted octanol–water partition coefficient (Wildman–Crippen LogP) is 2.93. The van der Waals surface area contributed by atoms with Crippen molar-refractivity contribution in [3.05, 3.63) is 66.0 Å². The second-order valence-corrected chi connectivity index (χ2v) is 7.21. The number of aryl methyl sites for hydroxylation is 1. The van der Waals surface area contributed by atoms with E-state index in [0.717, 1.165) is 28.0 Å². The first kappa shape index (κ1) is 20.7. The lowest BCUT2D eigenvalue weighted by atomic mass is 10.2. The number of ether oxygens (including phenoxy) is 2. The Labute approximate surface area is 174 Å². The largest absolute Gasteiger partial charge is 0.497 e. The van der Waals surface area contributed by atoms with Gasteiger partial charge in [-0.05, 0) is 36.8 Å². The van der Waals surface area contributed by atoms with Crippen molar-refractivity contribution in [3.63, 3.8) is 0 Å². The monoisotopic (exact) mass is 412 g/mol. The molecule has 1 N–H and O–H groups in total. The van der Waals surface area contributed by atoms with Crippen LogP contribution in [0.2, 0.25) is 0 Å². The zero-order valence-corrected chi connectivity index (χ0v) is 17.3. The van der Waals surface area contributed by atoms with Crippen molar-refractivity contribution >= 4 is 17.7 Å². The molecule has 0 radical (unpaired) electrons. The Kier molecular flexibility index (Phi) is 7.52. The molecule has 0 saturated heterocycles. The van der Waals surface area contributed by atoms with Gasteiger partial charge in [-0.2, -0.15) is 0 Å². The van der Waals surface area contributed by atoms with Gasteiger partial charge in [0.05, 0.1) is 26.0 Å². The number of hydrogen-bond acceptors (Lipinski definition) is 6. The van der Waals surface area contributed by atoms with Crippen LogP contribution in [0.1, 0.15) is 11.4 Å². The second kappa shape index (κ2) is 10.5. The molecule has 29 heavy (non-hydrogen) atoms. The fourth-order valence-electron chi connectivity index (χ4n) is 2.63. The van der Waals surface area contributed by atoms with E-state index in [1.54, 1.807) is 7.11 Å². The molecule has 0 aliphatic heterocycles. The van der Waals surface area contributed by atoms with Crippen LogP contribution < -0.4 is 14.8 Å². The van der Waals surface area contributed by atoms with Crippen molar-refractivity contribution in [2.24, 2.45) is 0 Å². The van der Waals surface area contributed by atoms with Gasteiger partial charge < -0.3 is 19.4 Å². The van der Waals surface area contributed by atoms with Gasteiger partial charge in [0, 0.05) is 0 Å². The summed E-state index contributed by atoms with van der Waals surface area (Å²) in [6.45, 7) is 3.42. The number of nitrogens with zero attached hydrogens (tertiary/aromatic N) is 3. The van der Waals surface area contributed by atoms with Crippen LogP contribution >= 0.6 is 11.8 Å². The van der Waals surface area contributed by atoms with Crippen LogP contribution in [0.5, 0.6) is 11.5 Å². The molecule has 3 aromatic rings. The minimum Gasteiger partial charge on any atom is -0.497 e. The van der Waals surface area contributed by atoms with Gasteiger partial charge >= 0.3 is 0 Å². The Morgan fingerprint density at radius 2 is 1.79 bits per heavy atom. The van der Waals surface area contributed by atoms with E-state index >= 15 is 0 Å². The standard InChI is InChI=1S/C21H24N4O3S/c1-16-23-24-21(25(16)14-17-6-4-3-5-7-17)29-15-20(26)22-12-13-28-19-10-8-18(27-2)9-11-19/h3-11H,12-15H2,1-2H3,(H,22,26). The number of amides is 1. The van der Waals surface area contributed by atoms with Crippen molar-refractivity contribution in [2.75, 3.05) is 26.0 Å². The molecule has 8 heteroatoms. The average Bonchev–Trinajstić information content (AvgIpc) is 3.10. The number of rotatable bonds is 10. The lowest BCUT2D eigenvalue weighted by Gasteiger charge is -2.09. The summed E-state index contributed by atoms with van der Waals surface area (Å²) < 4.78 is 12.7. The molecule has 7 nitrogen and oxygen atoms in total. The van der Waals surface area contributed by atoms with E-state index in [4.69, 9.17) is 9.47 Å². The molecule has 0 aliphatic carbocycles. The van der Waals surface area contributed by atoms with Crippen molar-refractivity contribution in [3.8, 4) is 11.5 Å². The first-order valence-corrected chi connectivity index (χ1v) is 10.2. The van der Waals surface area contributed by atoms with E-state index in [2.05, 4.69) is 27.6 Å². The highest BCUT2D eigenvalue weighted by Gasteiger charge is 2.12. The molecule has 0 atom stereocenters. The van der Waals surface area contributed by atoms with E-state index in [1.807, 2.05) is 54.0 Å². The summed E-state index contributed by atoms with van der Waals surface area (Å²) in [4.78, 5) is 12.1. The minimum atomic E-state index is -0.0692. The van der Waals surface area contributed by atoms with Gasteiger partial charge in [-0.15, -0.1) is 10.2 Å². The number of methoxy groups -OCH3 is 1. The number of thioether (sulfide) groups is 1. The van der Waals surface area contributed by atoms with Crippen LogP contribution in [0.4, 0.5) is 0 Å². The van der Waals surface area contributed by atoms with Gasteiger partial charge in [-0.1, -0.05) is 42.1 Å². The van der Waals surface area contributed by atoms with Crippen LogP contribution in [0, 0.1) is 6.92 Å². The van der Waals surface area contributed by atoms with E-state index < -0.39 is 0 Å². The molecule has 1 amide bonds. The molecule has 0 spiro atoms. The Balaban J connectivity index is 1.41. The maximum atomic E-state index is 12.1. The Morgan fingerprint density at radius 3 is 2.52 bits per heavy atom.